The second-order valence-electron chi connectivity index (χ2n) is 7.47. The van der Waals surface area contributed by atoms with Crippen LogP contribution in [0.2, 0.25) is 0 Å². The molecule has 1 fully saturated rings. The number of rotatable bonds is 4. The fraction of sp³-hybridized carbons (Fsp3) is 0.571. The molecule has 0 heterocycles. The molecule has 0 amide bonds. The minimum absolute atomic E-state index is 0.00405. The molecule has 1 aromatic carbocycles. The Kier molecular flexibility index (Phi) is 4.81. The molecule has 3 rings (SSSR count). The average molecular weight is 341 g/mol. The van der Waals surface area contributed by atoms with Crippen molar-refractivity contribution in [3.05, 3.63) is 34.4 Å². The van der Waals surface area contributed by atoms with Crippen molar-refractivity contribution in [1.82, 2.24) is 0 Å². The van der Waals surface area contributed by atoms with Crippen LogP contribution in [0.3, 0.4) is 0 Å². The molecule has 25 heavy (non-hydrogen) atoms. The first-order valence-corrected chi connectivity index (χ1v) is 9.26. The van der Waals surface area contributed by atoms with Gasteiger partial charge in [-0.1, -0.05) is 29.8 Å². The predicted molar refractivity (Wildman–Crippen MR) is 98.0 cm³/mol. The van der Waals surface area contributed by atoms with Gasteiger partial charge >= 0.3 is 0 Å². The molecule has 2 aliphatic carbocycles. The average Bonchev–Trinajstić information content (AvgIpc) is 2.87. The lowest BCUT2D eigenvalue weighted by Gasteiger charge is -2.37. The Morgan fingerprint density at radius 3 is 2.48 bits per heavy atom. The molecule has 0 bridgehead atoms. The van der Waals surface area contributed by atoms with Crippen molar-refractivity contribution in [1.29, 1.82) is 0 Å². The molecule has 0 atom stereocenters. The van der Waals surface area contributed by atoms with E-state index in [0.29, 0.717) is 31.6 Å². The van der Waals surface area contributed by atoms with Crippen LogP contribution in [-0.4, -0.2) is 23.9 Å². The molecule has 1 aromatic rings. The number of benzene rings is 1. The molecule has 0 saturated heterocycles. The van der Waals surface area contributed by atoms with Crippen molar-refractivity contribution in [3.8, 4) is 0 Å². The van der Waals surface area contributed by atoms with E-state index in [1.807, 2.05) is 13.8 Å². The van der Waals surface area contributed by atoms with Crippen molar-refractivity contribution in [2.75, 3.05) is 6.61 Å². The molecule has 0 aromatic heterocycles. The first-order valence-electron chi connectivity index (χ1n) is 9.26. The number of carbonyl (C=O) groups excluding carboxylic acids is 2. The number of aryl methyl sites for hydroxylation is 3. The molecule has 4 nitrogen and oxygen atoms in total. The summed E-state index contributed by atoms with van der Waals surface area (Å²) in [6, 6.07) is 4.38. The maximum Gasteiger partial charge on any atom is 0.150 e. The van der Waals surface area contributed by atoms with E-state index in [4.69, 9.17) is 4.84 Å². The standard InChI is InChI=1S/C21H27NO3/c1-5-16(22-25-6-2)19-17(23)11-21(12-18(19)24)8-7-15-10-13(3)9-14(4)20(15)21/h9-10,19H,5-8,11-12H2,1-4H3/b22-16-. The quantitative estimate of drug-likeness (QED) is 0.475. The number of ketones is 2. The van der Waals surface area contributed by atoms with Gasteiger partial charge in [-0.25, -0.2) is 0 Å². The van der Waals surface area contributed by atoms with Crippen LogP contribution in [0.25, 0.3) is 0 Å². The predicted octanol–water partition coefficient (Wildman–Crippen LogP) is 3.84. The lowest BCUT2D eigenvalue weighted by Crippen LogP contribution is -2.45. The van der Waals surface area contributed by atoms with Crippen molar-refractivity contribution in [2.45, 2.75) is 65.2 Å². The van der Waals surface area contributed by atoms with Gasteiger partial charge < -0.3 is 4.84 Å². The largest absolute Gasteiger partial charge is 0.396 e. The van der Waals surface area contributed by atoms with Crippen LogP contribution in [0, 0.1) is 19.8 Å². The Bertz CT molecular complexity index is 730. The Balaban J connectivity index is 1.95. The summed E-state index contributed by atoms with van der Waals surface area (Å²) in [6.45, 7) is 8.41. The van der Waals surface area contributed by atoms with Crippen LogP contribution >= 0.6 is 0 Å². The first kappa shape index (κ1) is 17.8. The van der Waals surface area contributed by atoms with E-state index in [1.54, 1.807) is 0 Å². The van der Waals surface area contributed by atoms with Gasteiger partial charge in [0.1, 0.15) is 24.1 Å². The number of nitrogens with zero attached hydrogens (tertiary/aromatic N) is 1. The second-order valence-corrected chi connectivity index (χ2v) is 7.47. The summed E-state index contributed by atoms with van der Waals surface area (Å²) < 4.78 is 0. The molecule has 1 spiro atoms. The highest BCUT2D eigenvalue weighted by molar-refractivity contribution is 6.22. The number of fused-ring (bicyclic) bond motifs is 2. The van der Waals surface area contributed by atoms with E-state index in [0.717, 1.165) is 12.8 Å². The van der Waals surface area contributed by atoms with Crippen LogP contribution in [0.5, 0.6) is 0 Å². The highest BCUT2D eigenvalue weighted by Gasteiger charge is 2.50. The summed E-state index contributed by atoms with van der Waals surface area (Å²) in [7, 11) is 0. The van der Waals surface area contributed by atoms with Crippen LogP contribution in [0.15, 0.2) is 17.3 Å². The Labute approximate surface area is 149 Å². The van der Waals surface area contributed by atoms with Crippen molar-refractivity contribution in [2.24, 2.45) is 11.1 Å². The fourth-order valence-electron chi connectivity index (χ4n) is 4.82. The summed E-state index contributed by atoms with van der Waals surface area (Å²) in [4.78, 5) is 31.0. The van der Waals surface area contributed by atoms with Crippen molar-refractivity contribution in [3.63, 3.8) is 0 Å². The number of hydrogen-bond acceptors (Lipinski definition) is 4. The van der Waals surface area contributed by atoms with Gasteiger partial charge in [0.05, 0.1) is 5.71 Å². The van der Waals surface area contributed by atoms with Gasteiger partial charge in [-0.3, -0.25) is 9.59 Å². The molecule has 0 N–H and O–H groups in total. The molecule has 2 aliphatic rings. The van der Waals surface area contributed by atoms with E-state index in [9.17, 15) is 9.59 Å². The monoisotopic (exact) mass is 341 g/mol. The van der Waals surface area contributed by atoms with E-state index < -0.39 is 5.92 Å². The Morgan fingerprint density at radius 1 is 1.20 bits per heavy atom. The molecular formula is C21H27NO3. The van der Waals surface area contributed by atoms with Crippen molar-refractivity contribution >= 4 is 17.3 Å². The van der Waals surface area contributed by atoms with Crippen LogP contribution in [-0.2, 0) is 26.3 Å². The molecular weight excluding hydrogens is 314 g/mol. The smallest absolute Gasteiger partial charge is 0.150 e. The van der Waals surface area contributed by atoms with Gasteiger partial charge in [0.2, 0.25) is 0 Å². The minimum Gasteiger partial charge on any atom is -0.396 e. The highest BCUT2D eigenvalue weighted by atomic mass is 16.6. The Hall–Kier alpha value is -1.97. The summed E-state index contributed by atoms with van der Waals surface area (Å²) in [5.41, 5.74) is 5.29. The highest BCUT2D eigenvalue weighted by Crippen LogP contribution is 2.49. The first-order chi connectivity index (χ1) is 11.9. The van der Waals surface area contributed by atoms with Crippen LogP contribution < -0.4 is 0 Å². The lowest BCUT2D eigenvalue weighted by atomic mass is 9.64. The van der Waals surface area contributed by atoms with Gasteiger partial charge in [0.15, 0.2) is 0 Å². The van der Waals surface area contributed by atoms with E-state index in [-0.39, 0.29) is 17.0 Å². The third-order valence-electron chi connectivity index (χ3n) is 5.64. The van der Waals surface area contributed by atoms with Crippen molar-refractivity contribution < 1.29 is 14.4 Å². The number of oxime groups is 1. The second kappa shape index (κ2) is 6.74. The minimum atomic E-state index is -0.711. The van der Waals surface area contributed by atoms with Gasteiger partial charge in [-0.05, 0) is 56.7 Å². The molecule has 1 saturated carbocycles. The molecule has 0 aliphatic heterocycles. The van der Waals surface area contributed by atoms with E-state index >= 15 is 0 Å². The van der Waals surface area contributed by atoms with Crippen LogP contribution in [0.4, 0.5) is 0 Å². The lowest BCUT2D eigenvalue weighted by molar-refractivity contribution is -0.135. The molecule has 0 radical (unpaired) electrons. The van der Waals surface area contributed by atoms with Gasteiger partial charge in [-0.15, -0.1) is 0 Å². The Morgan fingerprint density at radius 2 is 1.88 bits per heavy atom. The third kappa shape index (κ3) is 3.03. The summed E-state index contributed by atoms with van der Waals surface area (Å²) in [6.07, 6.45) is 3.28. The van der Waals surface area contributed by atoms with Gasteiger partial charge in [0.25, 0.3) is 0 Å². The van der Waals surface area contributed by atoms with E-state index in [2.05, 4.69) is 31.1 Å². The zero-order chi connectivity index (χ0) is 18.2. The maximum atomic E-state index is 13.0. The fourth-order valence-corrected chi connectivity index (χ4v) is 4.82. The number of carbonyl (C=O) groups is 2. The summed E-state index contributed by atoms with van der Waals surface area (Å²) in [5, 5.41) is 4.05. The zero-order valence-electron chi connectivity index (χ0n) is 15.6. The summed E-state index contributed by atoms with van der Waals surface area (Å²) in [5.74, 6) is -0.703. The van der Waals surface area contributed by atoms with Gasteiger partial charge in [-0.2, -0.15) is 0 Å². The normalized spacial score (nSPS) is 26.2. The number of Topliss-reactive ketones (excluding diaryl/α,β-unsaturated/α-hetero) is 2. The zero-order valence-corrected chi connectivity index (χ0v) is 15.6. The van der Waals surface area contributed by atoms with Gasteiger partial charge in [0, 0.05) is 18.3 Å². The molecule has 0 unspecified atom stereocenters. The van der Waals surface area contributed by atoms with E-state index in [1.165, 1.54) is 22.3 Å². The topological polar surface area (TPSA) is 55.7 Å². The third-order valence-corrected chi connectivity index (χ3v) is 5.64. The molecule has 134 valence electrons. The summed E-state index contributed by atoms with van der Waals surface area (Å²) >= 11 is 0. The maximum absolute atomic E-state index is 13.0. The number of hydrogen-bond donors (Lipinski definition) is 0. The molecule has 4 heteroatoms. The van der Waals surface area contributed by atoms with Crippen LogP contribution in [0.1, 0.15) is 61.8 Å². The SMILES string of the molecule is CCO/N=C(/CC)C1C(=O)CC2(CCc3cc(C)cc(C)c32)CC1=O.